The lowest BCUT2D eigenvalue weighted by Gasteiger charge is -2.28. The molecule has 2 amide bonds. The predicted molar refractivity (Wildman–Crippen MR) is 108 cm³/mol. The fourth-order valence-corrected chi connectivity index (χ4v) is 3.52. The maximum absolute atomic E-state index is 12.4. The van der Waals surface area contributed by atoms with Gasteiger partial charge in [-0.3, -0.25) is 9.59 Å². The van der Waals surface area contributed by atoms with E-state index in [-0.39, 0.29) is 34.9 Å². The number of aromatic hydroxyl groups is 1. The smallest absolute Gasteiger partial charge is 0.252 e. The van der Waals surface area contributed by atoms with Gasteiger partial charge in [0.2, 0.25) is 0 Å². The normalized spacial score (nSPS) is 19.0. The fraction of sp³-hybridized carbons (Fsp3) is 0.333. The zero-order valence-electron chi connectivity index (χ0n) is 15.9. The minimum absolute atomic E-state index is 0.0263. The van der Waals surface area contributed by atoms with Gasteiger partial charge in [0, 0.05) is 12.2 Å². The Kier molecular flexibility index (Phi) is 6.42. The summed E-state index contributed by atoms with van der Waals surface area (Å²) in [5, 5.41) is 22.8. The highest BCUT2D eigenvalue weighted by Gasteiger charge is 2.25. The Balaban J connectivity index is 1.74. The summed E-state index contributed by atoms with van der Waals surface area (Å²) in [6.45, 7) is 2.47. The number of primary amides is 1. The third-order valence-electron chi connectivity index (χ3n) is 5.11. The standard InChI is InChI=1S/C21H23ClN2O5/c1-11-14(9-15(20(23)27)19(26)18(11)22)8-12-2-4-13(5-3-12)21(28)24-16-6-7-29-10-17(16)25/h2-5,9,16-17,25-26H,6-8,10H2,1H3,(H2,23,27)(H,24,28)/t16-,17-/m0/s1. The van der Waals surface area contributed by atoms with E-state index in [1.165, 1.54) is 6.07 Å². The van der Waals surface area contributed by atoms with E-state index in [1.807, 2.05) is 0 Å². The molecule has 1 saturated heterocycles. The van der Waals surface area contributed by atoms with E-state index in [0.29, 0.717) is 30.6 Å². The molecule has 7 nitrogen and oxygen atoms in total. The summed E-state index contributed by atoms with van der Waals surface area (Å²) in [4.78, 5) is 24.0. The SMILES string of the molecule is Cc1c(Cc2ccc(C(=O)N[C@H]3CCOC[C@@H]3O)cc2)cc(C(N)=O)c(O)c1Cl. The molecule has 2 atom stereocenters. The Morgan fingerprint density at radius 2 is 2.00 bits per heavy atom. The number of nitrogens with one attached hydrogen (secondary N) is 1. The molecule has 1 heterocycles. The first-order valence-electron chi connectivity index (χ1n) is 9.24. The molecular formula is C21H23ClN2O5. The highest BCUT2D eigenvalue weighted by atomic mass is 35.5. The molecule has 1 aliphatic heterocycles. The largest absolute Gasteiger partial charge is 0.506 e. The van der Waals surface area contributed by atoms with E-state index < -0.39 is 12.0 Å². The van der Waals surface area contributed by atoms with Crippen LogP contribution in [0.2, 0.25) is 5.02 Å². The van der Waals surface area contributed by atoms with Gasteiger partial charge in [-0.25, -0.2) is 0 Å². The van der Waals surface area contributed by atoms with Crippen LogP contribution in [0.1, 0.15) is 43.8 Å². The number of aliphatic hydroxyl groups excluding tert-OH is 1. The lowest BCUT2D eigenvalue weighted by Crippen LogP contribution is -2.48. The summed E-state index contributed by atoms with van der Waals surface area (Å²) >= 11 is 6.13. The van der Waals surface area contributed by atoms with Crippen LogP contribution in [0.4, 0.5) is 0 Å². The zero-order chi connectivity index (χ0) is 21.1. The molecule has 0 radical (unpaired) electrons. The van der Waals surface area contributed by atoms with Crippen LogP contribution in [0.3, 0.4) is 0 Å². The second kappa shape index (κ2) is 8.82. The Labute approximate surface area is 173 Å². The summed E-state index contributed by atoms with van der Waals surface area (Å²) in [5.41, 5.74) is 8.07. The summed E-state index contributed by atoms with van der Waals surface area (Å²) in [7, 11) is 0. The third-order valence-corrected chi connectivity index (χ3v) is 5.57. The van der Waals surface area contributed by atoms with E-state index in [4.69, 9.17) is 22.1 Å². The number of amides is 2. The molecule has 0 spiro atoms. The van der Waals surface area contributed by atoms with E-state index >= 15 is 0 Å². The maximum Gasteiger partial charge on any atom is 0.252 e. The number of carbonyl (C=O) groups excluding carboxylic acids is 2. The molecule has 1 fully saturated rings. The van der Waals surface area contributed by atoms with Gasteiger partial charge < -0.3 is 26.0 Å². The van der Waals surface area contributed by atoms with E-state index in [0.717, 1.165) is 11.1 Å². The number of benzene rings is 2. The lowest BCUT2D eigenvalue weighted by molar-refractivity contribution is -0.0260. The topological polar surface area (TPSA) is 122 Å². The molecule has 3 rings (SSSR count). The molecule has 0 saturated carbocycles. The summed E-state index contributed by atoms with van der Waals surface area (Å²) in [5.74, 6) is -1.34. The average molecular weight is 419 g/mol. The van der Waals surface area contributed by atoms with Crippen LogP contribution < -0.4 is 11.1 Å². The van der Waals surface area contributed by atoms with Crippen molar-refractivity contribution in [2.24, 2.45) is 5.73 Å². The number of halogens is 1. The van der Waals surface area contributed by atoms with Crippen molar-refractivity contribution in [3.8, 4) is 5.75 Å². The van der Waals surface area contributed by atoms with Crippen molar-refractivity contribution in [1.82, 2.24) is 5.32 Å². The number of aliphatic hydroxyl groups is 1. The van der Waals surface area contributed by atoms with Crippen molar-refractivity contribution in [3.63, 3.8) is 0 Å². The van der Waals surface area contributed by atoms with Crippen LogP contribution >= 0.6 is 11.6 Å². The Hall–Kier alpha value is -2.61. The molecule has 8 heteroatoms. The van der Waals surface area contributed by atoms with E-state index in [9.17, 15) is 19.8 Å². The highest BCUT2D eigenvalue weighted by Crippen LogP contribution is 2.34. The summed E-state index contributed by atoms with van der Waals surface area (Å²) in [6.07, 6.45) is 0.300. The monoisotopic (exact) mass is 418 g/mol. The number of ether oxygens (including phenoxy) is 1. The van der Waals surface area contributed by atoms with Crippen molar-refractivity contribution in [2.45, 2.75) is 31.9 Å². The average Bonchev–Trinajstić information content (AvgIpc) is 2.70. The maximum atomic E-state index is 12.4. The van der Waals surface area contributed by atoms with Gasteiger partial charge in [0.15, 0.2) is 0 Å². The highest BCUT2D eigenvalue weighted by molar-refractivity contribution is 6.33. The van der Waals surface area contributed by atoms with Crippen molar-refractivity contribution < 1.29 is 24.5 Å². The number of hydrogen-bond acceptors (Lipinski definition) is 5. The van der Waals surface area contributed by atoms with Crippen LogP contribution in [0.15, 0.2) is 30.3 Å². The number of rotatable bonds is 5. The quantitative estimate of drug-likeness (QED) is 0.591. The number of nitrogens with two attached hydrogens (primary N) is 1. The summed E-state index contributed by atoms with van der Waals surface area (Å²) in [6, 6.07) is 8.21. The predicted octanol–water partition coefficient (Wildman–Crippen LogP) is 1.92. The molecule has 5 N–H and O–H groups in total. The Bertz CT molecular complexity index is 930. The van der Waals surface area contributed by atoms with E-state index in [2.05, 4.69) is 5.32 Å². The van der Waals surface area contributed by atoms with Crippen molar-refractivity contribution in [3.05, 3.63) is 63.2 Å². The van der Waals surface area contributed by atoms with E-state index in [1.54, 1.807) is 31.2 Å². The number of phenols is 1. The van der Waals surface area contributed by atoms with Gasteiger partial charge in [-0.15, -0.1) is 0 Å². The lowest BCUT2D eigenvalue weighted by atomic mass is 9.96. The zero-order valence-corrected chi connectivity index (χ0v) is 16.7. The number of hydrogen-bond donors (Lipinski definition) is 4. The number of carbonyl (C=O) groups is 2. The Morgan fingerprint density at radius 1 is 1.31 bits per heavy atom. The van der Waals surface area contributed by atoms with Crippen molar-refractivity contribution >= 4 is 23.4 Å². The molecule has 0 unspecified atom stereocenters. The molecule has 0 bridgehead atoms. The second-order valence-corrected chi connectivity index (χ2v) is 7.50. The first kappa shape index (κ1) is 21.1. The molecular weight excluding hydrogens is 396 g/mol. The fourth-order valence-electron chi connectivity index (χ4n) is 3.30. The molecule has 29 heavy (non-hydrogen) atoms. The van der Waals surface area contributed by atoms with Gasteiger partial charge in [-0.05, 0) is 54.7 Å². The van der Waals surface area contributed by atoms with Gasteiger partial charge in [-0.2, -0.15) is 0 Å². The molecule has 1 aliphatic rings. The first-order chi connectivity index (χ1) is 13.8. The second-order valence-electron chi connectivity index (χ2n) is 7.12. The minimum Gasteiger partial charge on any atom is -0.506 e. The molecule has 0 aliphatic carbocycles. The van der Waals surface area contributed by atoms with Crippen LogP contribution in [0.25, 0.3) is 0 Å². The van der Waals surface area contributed by atoms with Crippen LogP contribution in [0, 0.1) is 6.92 Å². The van der Waals surface area contributed by atoms with Crippen LogP contribution in [0.5, 0.6) is 5.75 Å². The minimum atomic E-state index is -0.757. The molecule has 2 aromatic rings. The van der Waals surface area contributed by atoms with Crippen LogP contribution in [-0.4, -0.2) is 47.4 Å². The van der Waals surface area contributed by atoms with Crippen molar-refractivity contribution in [1.29, 1.82) is 0 Å². The van der Waals surface area contributed by atoms with Gasteiger partial charge in [0.1, 0.15) is 5.75 Å². The molecule has 2 aromatic carbocycles. The van der Waals surface area contributed by atoms with Gasteiger partial charge >= 0.3 is 0 Å². The third kappa shape index (κ3) is 4.70. The van der Waals surface area contributed by atoms with Crippen LogP contribution in [-0.2, 0) is 11.2 Å². The molecule has 154 valence electrons. The van der Waals surface area contributed by atoms with Gasteiger partial charge in [0.05, 0.1) is 29.3 Å². The van der Waals surface area contributed by atoms with Gasteiger partial charge in [-0.1, -0.05) is 23.7 Å². The Morgan fingerprint density at radius 3 is 2.62 bits per heavy atom. The van der Waals surface area contributed by atoms with Gasteiger partial charge in [0.25, 0.3) is 11.8 Å². The van der Waals surface area contributed by atoms with Crippen molar-refractivity contribution in [2.75, 3.05) is 13.2 Å². The first-order valence-corrected chi connectivity index (χ1v) is 9.62. The molecule has 0 aromatic heterocycles. The summed E-state index contributed by atoms with van der Waals surface area (Å²) < 4.78 is 5.16.